The van der Waals surface area contributed by atoms with Gasteiger partial charge in [-0.15, -0.1) is 6.58 Å². The van der Waals surface area contributed by atoms with Crippen molar-refractivity contribution in [1.29, 1.82) is 0 Å². The summed E-state index contributed by atoms with van der Waals surface area (Å²) in [7, 11) is 0. The molecule has 0 N–H and O–H groups in total. The zero-order chi connectivity index (χ0) is 12.9. The van der Waals surface area contributed by atoms with Crippen LogP contribution in [-0.4, -0.2) is 42.9 Å². The van der Waals surface area contributed by atoms with Crippen LogP contribution in [0.3, 0.4) is 0 Å². The SMILES string of the molecule is C=CCOCC1CCN(C(=O)OC(C)(C)C)C1. The standard InChI is InChI=1S/C13H23NO3/c1-5-8-16-10-11-6-7-14(9-11)12(15)17-13(2,3)4/h5,11H,1,6-10H2,2-4H3. The van der Waals surface area contributed by atoms with Gasteiger partial charge >= 0.3 is 6.09 Å². The monoisotopic (exact) mass is 241 g/mol. The quantitative estimate of drug-likeness (QED) is 0.560. The molecule has 0 aromatic rings. The second-order valence-electron chi connectivity index (χ2n) is 5.41. The molecule has 4 heteroatoms. The van der Waals surface area contributed by atoms with Gasteiger partial charge in [0.2, 0.25) is 0 Å². The first kappa shape index (κ1) is 14.0. The first-order valence-electron chi connectivity index (χ1n) is 6.09. The van der Waals surface area contributed by atoms with E-state index in [2.05, 4.69) is 6.58 Å². The molecule has 1 saturated heterocycles. The highest BCUT2D eigenvalue weighted by atomic mass is 16.6. The molecule has 1 fully saturated rings. The summed E-state index contributed by atoms with van der Waals surface area (Å²) in [6, 6.07) is 0. The zero-order valence-corrected chi connectivity index (χ0v) is 11.1. The molecule has 1 atom stereocenters. The van der Waals surface area contributed by atoms with Gasteiger partial charge in [0.1, 0.15) is 5.60 Å². The Morgan fingerprint density at radius 3 is 2.82 bits per heavy atom. The Hall–Kier alpha value is -1.03. The summed E-state index contributed by atoms with van der Waals surface area (Å²) >= 11 is 0. The fourth-order valence-corrected chi connectivity index (χ4v) is 1.78. The fourth-order valence-electron chi connectivity index (χ4n) is 1.78. The summed E-state index contributed by atoms with van der Waals surface area (Å²) in [6.07, 6.45) is 2.50. The Morgan fingerprint density at radius 2 is 2.24 bits per heavy atom. The molecule has 1 aliphatic rings. The van der Waals surface area contributed by atoms with Gasteiger partial charge in [-0.3, -0.25) is 0 Å². The van der Waals surface area contributed by atoms with E-state index in [1.165, 1.54) is 0 Å². The van der Waals surface area contributed by atoms with Crippen molar-refractivity contribution in [2.45, 2.75) is 32.8 Å². The maximum absolute atomic E-state index is 11.8. The van der Waals surface area contributed by atoms with Gasteiger partial charge in [-0.25, -0.2) is 4.79 Å². The molecular formula is C13H23NO3. The molecule has 1 aliphatic heterocycles. The molecule has 1 unspecified atom stereocenters. The predicted octanol–water partition coefficient (Wildman–Crippen LogP) is 2.45. The Morgan fingerprint density at radius 1 is 1.53 bits per heavy atom. The van der Waals surface area contributed by atoms with E-state index in [0.717, 1.165) is 19.5 Å². The van der Waals surface area contributed by atoms with Gasteiger partial charge in [0.05, 0.1) is 13.2 Å². The van der Waals surface area contributed by atoms with Gasteiger partial charge in [-0.05, 0) is 27.2 Å². The van der Waals surface area contributed by atoms with Crippen molar-refractivity contribution in [3.8, 4) is 0 Å². The summed E-state index contributed by atoms with van der Waals surface area (Å²) in [5.41, 5.74) is -0.422. The third-order valence-corrected chi connectivity index (χ3v) is 2.53. The first-order chi connectivity index (χ1) is 7.92. The van der Waals surface area contributed by atoms with E-state index < -0.39 is 5.60 Å². The molecule has 1 heterocycles. The number of rotatable bonds is 4. The molecule has 1 amide bonds. The lowest BCUT2D eigenvalue weighted by atomic mass is 10.1. The van der Waals surface area contributed by atoms with Crippen molar-refractivity contribution in [2.24, 2.45) is 5.92 Å². The van der Waals surface area contributed by atoms with Crippen molar-refractivity contribution in [2.75, 3.05) is 26.3 Å². The number of likely N-dealkylation sites (tertiary alicyclic amines) is 1. The van der Waals surface area contributed by atoms with Crippen LogP contribution in [0.4, 0.5) is 4.79 Å². The van der Waals surface area contributed by atoms with Gasteiger partial charge in [0.25, 0.3) is 0 Å². The molecule has 0 aromatic carbocycles. The van der Waals surface area contributed by atoms with Crippen LogP contribution in [0.5, 0.6) is 0 Å². The third-order valence-electron chi connectivity index (χ3n) is 2.53. The second-order valence-corrected chi connectivity index (χ2v) is 5.41. The number of carbonyl (C=O) groups is 1. The van der Waals surface area contributed by atoms with Crippen LogP contribution in [0.15, 0.2) is 12.7 Å². The summed E-state index contributed by atoms with van der Waals surface area (Å²) in [6.45, 7) is 12.0. The summed E-state index contributed by atoms with van der Waals surface area (Å²) in [5, 5.41) is 0. The van der Waals surface area contributed by atoms with Gasteiger partial charge in [0.15, 0.2) is 0 Å². The highest BCUT2D eigenvalue weighted by Gasteiger charge is 2.29. The second kappa shape index (κ2) is 6.05. The molecular weight excluding hydrogens is 218 g/mol. The Balaban J connectivity index is 2.29. The van der Waals surface area contributed by atoms with Crippen LogP contribution in [-0.2, 0) is 9.47 Å². The van der Waals surface area contributed by atoms with Crippen LogP contribution in [0, 0.1) is 5.92 Å². The largest absolute Gasteiger partial charge is 0.444 e. The number of hydrogen-bond donors (Lipinski definition) is 0. The molecule has 98 valence electrons. The highest BCUT2D eigenvalue weighted by Crippen LogP contribution is 2.19. The number of nitrogens with zero attached hydrogens (tertiary/aromatic N) is 1. The van der Waals surface area contributed by atoms with Crippen LogP contribution in [0.2, 0.25) is 0 Å². The van der Waals surface area contributed by atoms with Gasteiger partial charge in [-0.1, -0.05) is 6.08 Å². The predicted molar refractivity (Wildman–Crippen MR) is 66.9 cm³/mol. The summed E-state index contributed by atoms with van der Waals surface area (Å²) in [4.78, 5) is 13.5. The van der Waals surface area contributed by atoms with Crippen molar-refractivity contribution >= 4 is 6.09 Å². The van der Waals surface area contributed by atoms with E-state index in [1.807, 2.05) is 20.8 Å². The number of amides is 1. The highest BCUT2D eigenvalue weighted by molar-refractivity contribution is 5.68. The van der Waals surface area contributed by atoms with Gasteiger partial charge in [0, 0.05) is 19.0 Å². The molecule has 4 nitrogen and oxygen atoms in total. The van der Waals surface area contributed by atoms with Crippen molar-refractivity contribution in [3.05, 3.63) is 12.7 Å². The van der Waals surface area contributed by atoms with Crippen LogP contribution >= 0.6 is 0 Å². The molecule has 17 heavy (non-hydrogen) atoms. The van der Waals surface area contributed by atoms with E-state index in [9.17, 15) is 4.79 Å². The molecule has 0 bridgehead atoms. The number of hydrogen-bond acceptors (Lipinski definition) is 3. The average molecular weight is 241 g/mol. The molecule has 0 radical (unpaired) electrons. The lowest BCUT2D eigenvalue weighted by Gasteiger charge is -2.24. The van der Waals surface area contributed by atoms with Crippen LogP contribution < -0.4 is 0 Å². The maximum atomic E-state index is 11.8. The van der Waals surface area contributed by atoms with Gasteiger partial charge in [-0.2, -0.15) is 0 Å². The Bertz CT molecular complexity index is 270. The summed E-state index contributed by atoms with van der Waals surface area (Å²) < 4.78 is 10.7. The summed E-state index contributed by atoms with van der Waals surface area (Å²) in [5.74, 6) is 0.419. The topological polar surface area (TPSA) is 38.8 Å². The third kappa shape index (κ3) is 5.22. The van der Waals surface area contributed by atoms with Crippen molar-refractivity contribution in [1.82, 2.24) is 4.90 Å². The smallest absolute Gasteiger partial charge is 0.410 e. The van der Waals surface area contributed by atoms with Crippen LogP contribution in [0.25, 0.3) is 0 Å². The van der Waals surface area contributed by atoms with Crippen molar-refractivity contribution < 1.29 is 14.3 Å². The van der Waals surface area contributed by atoms with Crippen LogP contribution in [0.1, 0.15) is 27.2 Å². The van der Waals surface area contributed by atoms with E-state index in [1.54, 1.807) is 11.0 Å². The first-order valence-corrected chi connectivity index (χ1v) is 6.09. The van der Waals surface area contributed by atoms with E-state index in [-0.39, 0.29) is 6.09 Å². The minimum atomic E-state index is -0.422. The van der Waals surface area contributed by atoms with Gasteiger partial charge < -0.3 is 14.4 Å². The fraction of sp³-hybridized carbons (Fsp3) is 0.769. The Labute approximate surface area is 104 Å². The molecule has 0 spiro atoms. The average Bonchev–Trinajstić information content (AvgIpc) is 2.64. The lowest BCUT2D eigenvalue weighted by Crippen LogP contribution is -2.35. The van der Waals surface area contributed by atoms with E-state index in [0.29, 0.717) is 19.1 Å². The van der Waals surface area contributed by atoms with E-state index in [4.69, 9.17) is 9.47 Å². The zero-order valence-electron chi connectivity index (χ0n) is 11.1. The minimum Gasteiger partial charge on any atom is -0.444 e. The number of carbonyl (C=O) groups excluding carboxylic acids is 1. The molecule has 0 aliphatic carbocycles. The molecule has 0 saturated carbocycles. The maximum Gasteiger partial charge on any atom is 0.410 e. The molecule has 0 aromatic heterocycles. The number of ether oxygens (including phenoxy) is 2. The minimum absolute atomic E-state index is 0.219. The normalized spacial score (nSPS) is 20.4. The lowest BCUT2D eigenvalue weighted by molar-refractivity contribution is 0.0278. The van der Waals surface area contributed by atoms with E-state index >= 15 is 0 Å². The Kier molecular flexibility index (Phi) is 5.00. The molecule has 1 rings (SSSR count). The van der Waals surface area contributed by atoms with Crippen molar-refractivity contribution in [3.63, 3.8) is 0 Å².